The number of rotatable bonds is 6. The van der Waals surface area contributed by atoms with Gasteiger partial charge in [0.05, 0.1) is 31.0 Å². The number of ether oxygens (including phenoxy) is 3. The van der Waals surface area contributed by atoms with E-state index in [-0.39, 0.29) is 12.6 Å². The number of carbonyl (C=O) groups excluding carboxylic acids is 1. The molecule has 5 nitrogen and oxygen atoms in total. The molecule has 140 valence electrons. The zero-order chi connectivity index (χ0) is 19.4. The molecular weight excluding hydrogens is 362 g/mol. The van der Waals surface area contributed by atoms with Gasteiger partial charge in [-0.2, -0.15) is 0 Å². The minimum absolute atomic E-state index is 0.120. The predicted octanol–water partition coefficient (Wildman–Crippen LogP) is 4.80. The minimum atomic E-state index is -0.343. The standard InChI is InChI=1S/C21H21NO4S/c1-13-8-9-14(2)17(10-13)21(23)26-11-15-12-27-20(22-15)16-6-5-7-18(24-3)19(16)25-4/h5-10,12H,11H2,1-4H3. The SMILES string of the molecule is COc1cccc(-c2nc(COC(=O)c3cc(C)ccc3C)cs2)c1OC. The lowest BCUT2D eigenvalue weighted by molar-refractivity contribution is 0.0467. The van der Waals surface area contributed by atoms with Gasteiger partial charge in [-0.25, -0.2) is 9.78 Å². The number of hydrogen-bond donors (Lipinski definition) is 0. The van der Waals surface area contributed by atoms with Crippen LogP contribution >= 0.6 is 11.3 Å². The third-order valence-corrected chi connectivity index (χ3v) is 5.07. The van der Waals surface area contributed by atoms with Crippen LogP contribution in [-0.2, 0) is 11.3 Å². The van der Waals surface area contributed by atoms with Crippen molar-refractivity contribution in [1.82, 2.24) is 4.98 Å². The molecule has 1 aromatic heterocycles. The number of aromatic nitrogens is 1. The Labute approximate surface area is 162 Å². The molecule has 0 bridgehead atoms. The summed E-state index contributed by atoms with van der Waals surface area (Å²) in [5.41, 5.74) is 4.03. The van der Waals surface area contributed by atoms with Crippen LogP contribution in [0, 0.1) is 13.8 Å². The van der Waals surface area contributed by atoms with E-state index in [4.69, 9.17) is 14.2 Å². The Morgan fingerprint density at radius 1 is 1.11 bits per heavy atom. The Morgan fingerprint density at radius 3 is 2.67 bits per heavy atom. The molecule has 0 saturated carbocycles. The van der Waals surface area contributed by atoms with E-state index in [9.17, 15) is 4.79 Å². The zero-order valence-corrected chi connectivity index (χ0v) is 16.6. The molecule has 0 unspecified atom stereocenters. The Hall–Kier alpha value is -2.86. The highest BCUT2D eigenvalue weighted by atomic mass is 32.1. The van der Waals surface area contributed by atoms with E-state index >= 15 is 0 Å². The van der Waals surface area contributed by atoms with Crippen molar-refractivity contribution in [3.05, 3.63) is 64.2 Å². The molecule has 1 heterocycles. The molecule has 0 aliphatic carbocycles. The van der Waals surface area contributed by atoms with Crippen molar-refractivity contribution in [1.29, 1.82) is 0 Å². The molecule has 0 spiro atoms. The monoisotopic (exact) mass is 383 g/mol. The Morgan fingerprint density at radius 2 is 1.93 bits per heavy atom. The number of hydrogen-bond acceptors (Lipinski definition) is 6. The summed E-state index contributed by atoms with van der Waals surface area (Å²) in [6.45, 7) is 3.96. The highest BCUT2D eigenvalue weighted by molar-refractivity contribution is 7.13. The van der Waals surface area contributed by atoms with Gasteiger partial charge in [0.1, 0.15) is 11.6 Å². The lowest BCUT2D eigenvalue weighted by Crippen LogP contribution is -2.07. The molecule has 6 heteroatoms. The van der Waals surface area contributed by atoms with E-state index in [1.807, 2.05) is 55.6 Å². The molecular formula is C21H21NO4S. The van der Waals surface area contributed by atoms with Crippen molar-refractivity contribution >= 4 is 17.3 Å². The molecule has 0 fully saturated rings. The minimum Gasteiger partial charge on any atom is -0.493 e. The molecule has 0 amide bonds. The van der Waals surface area contributed by atoms with Gasteiger partial charge in [-0.3, -0.25) is 0 Å². The fourth-order valence-electron chi connectivity index (χ4n) is 2.73. The van der Waals surface area contributed by atoms with E-state index in [1.54, 1.807) is 14.2 Å². The maximum Gasteiger partial charge on any atom is 0.338 e. The Bertz CT molecular complexity index is 965. The average Bonchev–Trinajstić information content (AvgIpc) is 3.16. The highest BCUT2D eigenvalue weighted by Crippen LogP contribution is 2.39. The fourth-order valence-corrected chi connectivity index (χ4v) is 3.55. The number of esters is 1. The van der Waals surface area contributed by atoms with E-state index in [0.29, 0.717) is 22.8 Å². The first-order chi connectivity index (χ1) is 13.0. The van der Waals surface area contributed by atoms with E-state index in [0.717, 1.165) is 21.7 Å². The Kier molecular flexibility index (Phi) is 5.76. The number of thiazole rings is 1. The summed E-state index contributed by atoms with van der Waals surface area (Å²) in [4.78, 5) is 16.9. The second-order valence-corrected chi connectivity index (χ2v) is 6.94. The third kappa shape index (κ3) is 4.11. The second kappa shape index (κ2) is 8.22. The average molecular weight is 383 g/mol. The topological polar surface area (TPSA) is 57.7 Å². The van der Waals surface area contributed by atoms with Gasteiger partial charge in [0.15, 0.2) is 11.5 Å². The number of carbonyl (C=O) groups is 1. The van der Waals surface area contributed by atoms with Crippen molar-refractivity contribution in [2.24, 2.45) is 0 Å². The number of aryl methyl sites for hydroxylation is 2. The van der Waals surface area contributed by atoms with Crippen molar-refractivity contribution < 1.29 is 19.0 Å². The first-order valence-corrected chi connectivity index (χ1v) is 9.31. The van der Waals surface area contributed by atoms with Gasteiger partial charge in [0.2, 0.25) is 0 Å². The van der Waals surface area contributed by atoms with Gasteiger partial charge in [-0.15, -0.1) is 11.3 Å². The predicted molar refractivity (Wildman–Crippen MR) is 106 cm³/mol. The lowest BCUT2D eigenvalue weighted by Gasteiger charge is -2.10. The van der Waals surface area contributed by atoms with Crippen LogP contribution in [0.5, 0.6) is 11.5 Å². The van der Waals surface area contributed by atoms with Crippen LogP contribution in [0.3, 0.4) is 0 Å². The van der Waals surface area contributed by atoms with Gasteiger partial charge in [0, 0.05) is 5.38 Å². The van der Waals surface area contributed by atoms with Gasteiger partial charge >= 0.3 is 5.97 Å². The molecule has 0 N–H and O–H groups in total. The summed E-state index contributed by atoms with van der Waals surface area (Å²) >= 11 is 1.47. The highest BCUT2D eigenvalue weighted by Gasteiger charge is 2.16. The van der Waals surface area contributed by atoms with Crippen LogP contribution in [0.4, 0.5) is 0 Å². The molecule has 3 aromatic rings. The third-order valence-electron chi connectivity index (χ3n) is 4.15. The first-order valence-electron chi connectivity index (χ1n) is 8.43. The van der Waals surface area contributed by atoms with E-state index < -0.39 is 0 Å². The van der Waals surface area contributed by atoms with Crippen LogP contribution in [0.2, 0.25) is 0 Å². The van der Waals surface area contributed by atoms with Crippen LogP contribution in [0.1, 0.15) is 27.2 Å². The van der Waals surface area contributed by atoms with Crippen molar-refractivity contribution in [3.8, 4) is 22.1 Å². The summed E-state index contributed by atoms with van der Waals surface area (Å²) in [7, 11) is 3.20. The molecule has 0 aliphatic rings. The molecule has 0 radical (unpaired) electrons. The number of nitrogens with zero attached hydrogens (tertiary/aromatic N) is 1. The smallest absolute Gasteiger partial charge is 0.338 e. The van der Waals surface area contributed by atoms with Crippen LogP contribution in [0.25, 0.3) is 10.6 Å². The fraction of sp³-hybridized carbons (Fsp3) is 0.238. The summed E-state index contributed by atoms with van der Waals surface area (Å²) in [6, 6.07) is 11.4. The van der Waals surface area contributed by atoms with Gasteiger partial charge in [-0.05, 0) is 37.6 Å². The molecule has 0 aliphatic heterocycles. The molecule has 0 saturated heterocycles. The van der Waals surface area contributed by atoms with Crippen LogP contribution < -0.4 is 9.47 Å². The number of benzene rings is 2. The number of methoxy groups -OCH3 is 2. The maximum atomic E-state index is 12.4. The van der Waals surface area contributed by atoms with Crippen molar-refractivity contribution in [2.75, 3.05) is 14.2 Å². The maximum absolute atomic E-state index is 12.4. The summed E-state index contributed by atoms with van der Waals surface area (Å²) < 4.78 is 16.3. The van der Waals surface area contributed by atoms with Crippen molar-refractivity contribution in [2.45, 2.75) is 20.5 Å². The van der Waals surface area contributed by atoms with Crippen molar-refractivity contribution in [3.63, 3.8) is 0 Å². The summed E-state index contributed by atoms with van der Waals surface area (Å²) in [5.74, 6) is 0.936. The van der Waals surface area contributed by atoms with Gasteiger partial charge in [0.25, 0.3) is 0 Å². The summed E-state index contributed by atoms with van der Waals surface area (Å²) in [6.07, 6.45) is 0. The van der Waals surface area contributed by atoms with Crippen LogP contribution in [0.15, 0.2) is 41.8 Å². The molecule has 2 aromatic carbocycles. The van der Waals surface area contributed by atoms with E-state index in [1.165, 1.54) is 11.3 Å². The quantitative estimate of drug-likeness (QED) is 0.572. The normalized spacial score (nSPS) is 10.5. The zero-order valence-electron chi connectivity index (χ0n) is 15.7. The van der Waals surface area contributed by atoms with Gasteiger partial charge < -0.3 is 14.2 Å². The number of para-hydroxylation sites is 1. The Balaban J connectivity index is 1.75. The van der Waals surface area contributed by atoms with E-state index in [2.05, 4.69) is 4.98 Å². The summed E-state index contributed by atoms with van der Waals surface area (Å²) in [5, 5.41) is 2.66. The first kappa shape index (κ1) is 18.9. The molecule has 0 atom stereocenters. The van der Waals surface area contributed by atoms with Gasteiger partial charge in [-0.1, -0.05) is 23.8 Å². The second-order valence-electron chi connectivity index (χ2n) is 6.08. The lowest BCUT2D eigenvalue weighted by atomic mass is 10.1. The molecule has 27 heavy (non-hydrogen) atoms. The molecule has 3 rings (SSSR count). The largest absolute Gasteiger partial charge is 0.493 e. The van der Waals surface area contributed by atoms with Crippen LogP contribution in [-0.4, -0.2) is 25.2 Å².